The van der Waals surface area contributed by atoms with E-state index < -0.39 is 11.0 Å². The molecule has 164 valence electrons. The van der Waals surface area contributed by atoms with Crippen molar-refractivity contribution in [3.63, 3.8) is 0 Å². The number of amides is 2. The average molecular weight is 445 g/mol. The summed E-state index contributed by atoms with van der Waals surface area (Å²) in [5.41, 5.74) is 2.34. The Morgan fingerprint density at radius 2 is 1.77 bits per heavy atom. The first-order valence-corrected chi connectivity index (χ1v) is 10.4. The summed E-state index contributed by atoms with van der Waals surface area (Å²) < 4.78 is 0. The van der Waals surface area contributed by atoms with Gasteiger partial charge in [-0.3, -0.25) is 24.6 Å². The Morgan fingerprint density at radius 3 is 2.35 bits per heavy atom. The SMILES string of the molecule is Cc1ccc(CC(=O)N2CCN(C(C)C(=O)Nc3ccc([N+](=O)[O-])cc3Cl)CC2)cc1. The number of halogens is 1. The van der Waals surface area contributed by atoms with E-state index in [9.17, 15) is 19.7 Å². The van der Waals surface area contributed by atoms with Gasteiger partial charge in [0, 0.05) is 38.3 Å². The molecule has 2 amide bonds. The largest absolute Gasteiger partial charge is 0.340 e. The van der Waals surface area contributed by atoms with Crippen molar-refractivity contribution < 1.29 is 14.5 Å². The monoisotopic (exact) mass is 444 g/mol. The van der Waals surface area contributed by atoms with Gasteiger partial charge in [0.1, 0.15) is 0 Å². The lowest BCUT2D eigenvalue weighted by Gasteiger charge is -2.37. The van der Waals surface area contributed by atoms with Crippen molar-refractivity contribution in [2.24, 2.45) is 0 Å². The van der Waals surface area contributed by atoms with E-state index in [1.807, 2.05) is 41.0 Å². The quantitative estimate of drug-likeness (QED) is 0.545. The van der Waals surface area contributed by atoms with Crippen LogP contribution in [0.3, 0.4) is 0 Å². The topological polar surface area (TPSA) is 95.8 Å². The predicted octanol–water partition coefficient (Wildman–Crippen LogP) is 3.27. The van der Waals surface area contributed by atoms with E-state index in [-0.39, 0.29) is 22.5 Å². The first kappa shape index (κ1) is 22.7. The lowest BCUT2D eigenvalue weighted by Crippen LogP contribution is -2.54. The van der Waals surface area contributed by atoms with Gasteiger partial charge < -0.3 is 10.2 Å². The lowest BCUT2D eigenvalue weighted by molar-refractivity contribution is -0.384. The summed E-state index contributed by atoms with van der Waals surface area (Å²) in [6.45, 7) is 6.09. The molecule has 2 aromatic carbocycles. The number of non-ortho nitro benzene ring substituents is 1. The van der Waals surface area contributed by atoms with Gasteiger partial charge in [0.25, 0.3) is 5.69 Å². The van der Waals surface area contributed by atoms with Crippen molar-refractivity contribution in [1.82, 2.24) is 9.80 Å². The summed E-state index contributed by atoms with van der Waals surface area (Å²) in [5.74, 6) is -0.173. The molecule has 1 unspecified atom stereocenters. The van der Waals surface area contributed by atoms with Crippen LogP contribution in [-0.4, -0.2) is 58.8 Å². The fourth-order valence-corrected chi connectivity index (χ4v) is 3.69. The van der Waals surface area contributed by atoms with Crippen LogP contribution in [-0.2, 0) is 16.0 Å². The molecule has 1 N–H and O–H groups in total. The number of piperazine rings is 1. The van der Waals surface area contributed by atoms with E-state index in [4.69, 9.17) is 11.6 Å². The Hall–Kier alpha value is -2.97. The van der Waals surface area contributed by atoms with Gasteiger partial charge in [0.05, 0.1) is 28.1 Å². The third kappa shape index (κ3) is 5.80. The van der Waals surface area contributed by atoms with E-state index in [0.717, 1.165) is 11.1 Å². The number of carbonyl (C=O) groups excluding carboxylic acids is 2. The van der Waals surface area contributed by atoms with E-state index >= 15 is 0 Å². The molecular weight excluding hydrogens is 420 g/mol. The van der Waals surface area contributed by atoms with Crippen LogP contribution in [0, 0.1) is 17.0 Å². The summed E-state index contributed by atoms with van der Waals surface area (Å²) in [6.07, 6.45) is 0.370. The second-order valence-corrected chi connectivity index (χ2v) is 8.07. The molecular formula is C22H25ClN4O4. The fourth-order valence-electron chi connectivity index (χ4n) is 3.47. The first-order chi connectivity index (χ1) is 14.7. The minimum absolute atomic E-state index is 0.0817. The second-order valence-electron chi connectivity index (χ2n) is 7.67. The molecule has 1 aliphatic heterocycles. The zero-order chi connectivity index (χ0) is 22.5. The number of aryl methyl sites for hydroxylation is 1. The lowest BCUT2D eigenvalue weighted by atomic mass is 10.1. The number of anilines is 1. The molecule has 0 spiro atoms. The van der Waals surface area contributed by atoms with Crippen molar-refractivity contribution in [2.45, 2.75) is 26.3 Å². The number of carbonyl (C=O) groups is 2. The highest BCUT2D eigenvalue weighted by Crippen LogP contribution is 2.27. The molecule has 31 heavy (non-hydrogen) atoms. The number of nitrogens with one attached hydrogen (secondary N) is 1. The van der Waals surface area contributed by atoms with Crippen LogP contribution >= 0.6 is 11.6 Å². The summed E-state index contributed by atoms with van der Waals surface area (Å²) in [6, 6.07) is 11.4. The Bertz CT molecular complexity index is 972. The number of nitro benzene ring substituents is 1. The Balaban J connectivity index is 1.51. The molecule has 1 fully saturated rings. The van der Waals surface area contributed by atoms with Crippen LogP contribution in [0.25, 0.3) is 0 Å². The molecule has 1 saturated heterocycles. The third-order valence-corrected chi connectivity index (χ3v) is 5.80. The normalized spacial score (nSPS) is 15.4. The summed E-state index contributed by atoms with van der Waals surface area (Å²) >= 11 is 6.06. The standard InChI is InChI=1S/C22H25ClN4O4/c1-15-3-5-17(6-4-15)13-21(28)26-11-9-25(10-12-26)16(2)22(29)24-20-8-7-18(27(30)31)14-19(20)23/h3-8,14,16H,9-13H2,1-2H3,(H,24,29). The predicted molar refractivity (Wildman–Crippen MR) is 119 cm³/mol. The highest BCUT2D eigenvalue weighted by Gasteiger charge is 2.28. The summed E-state index contributed by atoms with van der Waals surface area (Å²) in [5, 5.41) is 13.7. The molecule has 9 heteroatoms. The van der Waals surface area contributed by atoms with Crippen LogP contribution in [0.2, 0.25) is 5.02 Å². The van der Waals surface area contributed by atoms with Crippen LogP contribution in [0.4, 0.5) is 11.4 Å². The van der Waals surface area contributed by atoms with Crippen LogP contribution in [0.5, 0.6) is 0 Å². The molecule has 3 rings (SSSR count). The Morgan fingerprint density at radius 1 is 1.13 bits per heavy atom. The van der Waals surface area contributed by atoms with E-state index in [1.54, 1.807) is 6.92 Å². The molecule has 0 aromatic heterocycles. The Labute approximate surface area is 185 Å². The molecule has 2 aromatic rings. The van der Waals surface area contributed by atoms with Gasteiger partial charge in [-0.05, 0) is 25.5 Å². The minimum Gasteiger partial charge on any atom is -0.340 e. The van der Waals surface area contributed by atoms with Crippen LogP contribution in [0.1, 0.15) is 18.1 Å². The molecule has 0 saturated carbocycles. The minimum atomic E-state index is -0.542. The zero-order valence-corrected chi connectivity index (χ0v) is 18.3. The van der Waals surface area contributed by atoms with Crippen LogP contribution < -0.4 is 5.32 Å². The van der Waals surface area contributed by atoms with Gasteiger partial charge in [-0.1, -0.05) is 41.4 Å². The van der Waals surface area contributed by atoms with E-state index in [1.165, 1.54) is 18.2 Å². The molecule has 0 bridgehead atoms. The van der Waals surface area contributed by atoms with Crippen molar-refractivity contribution in [2.75, 3.05) is 31.5 Å². The number of hydrogen-bond donors (Lipinski definition) is 1. The highest BCUT2D eigenvalue weighted by atomic mass is 35.5. The highest BCUT2D eigenvalue weighted by molar-refractivity contribution is 6.34. The van der Waals surface area contributed by atoms with Gasteiger partial charge in [-0.25, -0.2) is 0 Å². The van der Waals surface area contributed by atoms with Crippen molar-refractivity contribution >= 4 is 34.8 Å². The Kier molecular flexibility index (Phi) is 7.25. The molecule has 1 atom stereocenters. The van der Waals surface area contributed by atoms with Crippen molar-refractivity contribution in [3.8, 4) is 0 Å². The second kappa shape index (κ2) is 9.89. The number of hydrogen-bond acceptors (Lipinski definition) is 5. The van der Waals surface area contributed by atoms with Crippen LogP contribution in [0.15, 0.2) is 42.5 Å². The van der Waals surface area contributed by atoms with Gasteiger partial charge in [-0.15, -0.1) is 0 Å². The molecule has 1 aliphatic rings. The first-order valence-electron chi connectivity index (χ1n) is 10.1. The molecule has 1 heterocycles. The van der Waals surface area contributed by atoms with Gasteiger partial charge in [0.2, 0.25) is 11.8 Å². The van der Waals surface area contributed by atoms with Gasteiger partial charge >= 0.3 is 0 Å². The number of nitro groups is 1. The molecule has 8 nitrogen and oxygen atoms in total. The maximum atomic E-state index is 12.6. The average Bonchev–Trinajstić information content (AvgIpc) is 2.76. The smallest absolute Gasteiger partial charge is 0.271 e. The van der Waals surface area contributed by atoms with Crippen molar-refractivity contribution in [3.05, 3.63) is 68.7 Å². The number of benzene rings is 2. The maximum Gasteiger partial charge on any atom is 0.271 e. The molecule has 0 aliphatic carbocycles. The third-order valence-electron chi connectivity index (χ3n) is 5.49. The number of rotatable bonds is 6. The van der Waals surface area contributed by atoms with E-state index in [2.05, 4.69) is 5.32 Å². The zero-order valence-electron chi connectivity index (χ0n) is 17.5. The number of nitrogens with zero attached hydrogens (tertiary/aromatic N) is 3. The summed E-state index contributed by atoms with van der Waals surface area (Å²) in [7, 11) is 0. The summed E-state index contributed by atoms with van der Waals surface area (Å²) in [4.78, 5) is 39.3. The maximum absolute atomic E-state index is 12.6. The van der Waals surface area contributed by atoms with E-state index in [0.29, 0.717) is 38.3 Å². The van der Waals surface area contributed by atoms with Gasteiger partial charge in [-0.2, -0.15) is 0 Å². The van der Waals surface area contributed by atoms with Gasteiger partial charge in [0.15, 0.2) is 0 Å². The molecule has 0 radical (unpaired) electrons. The van der Waals surface area contributed by atoms with Crippen molar-refractivity contribution in [1.29, 1.82) is 0 Å². The fraction of sp³-hybridized carbons (Fsp3) is 0.364.